The van der Waals surface area contributed by atoms with Crippen LogP contribution in [0.15, 0.2) is 0 Å². The first-order chi connectivity index (χ1) is 8.33. The molecule has 1 amide bonds. The van der Waals surface area contributed by atoms with E-state index >= 15 is 0 Å². The fraction of sp³-hybridized carbons (Fsp3) is 0.727. The molecule has 0 radical (unpaired) electrons. The van der Waals surface area contributed by atoms with Gasteiger partial charge in [0, 0.05) is 17.7 Å². The van der Waals surface area contributed by atoms with Gasteiger partial charge in [-0.2, -0.15) is 11.8 Å². The minimum absolute atomic E-state index is 0.152. The van der Waals surface area contributed by atoms with E-state index in [9.17, 15) is 4.79 Å². The Bertz CT molecular complexity index is 409. The van der Waals surface area contributed by atoms with Crippen LogP contribution in [-0.4, -0.2) is 38.6 Å². The summed E-state index contributed by atoms with van der Waals surface area (Å²) in [6, 6.07) is 0. The van der Waals surface area contributed by atoms with Crippen LogP contribution in [0.5, 0.6) is 0 Å². The van der Waals surface area contributed by atoms with Crippen molar-refractivity contribution in [3.63, 3.8) is 0 Å². The molecule has 1 saturated heterocycles. The Morgan fingerprint density at radius 2 is 2.35 bits per heavy atom. The van der Waals surface area contributed by atoms with Crippen LogP contribution in [0, 0.1) is 0 Å². The highest BCUT2D eigenvalue weighted by atomic mass is 32.2. The normalized spacial score (nSPS) is 23.9. The van der Waals surface area contributed by atoms with Gasteiger partial charge in [0.25, 0.3) is 5.91 Å². The molecule has 0 aromatic carbocycles. The molecule has 1 atom stereocenters. The van der Waals surface area contributed by atoms with E-state index in [2.05, 4.69) is 20.5 Å². The predicted octanol–water partition coefficient (Wildman–Crippen LogP) is 1.31. The number of carbonyl (C=O) groups is 1. The summed E-state index contributed by atoms with van der Waals surface area (Å²) in [5, 5.41) is 10.3. The minimum atomic E-state index is -0.152. The lowest BCUT2D eigenvalue weighted by Gasteiger charge is -2.08. The van der Waals surface area contributed by atoms with Crippen LogP contribution in [0.4, 0.5) is 0 Å². The third-order valence-electron chi connectivity index (χ3n) is 3.18. The number of thioether (sulfide) groups is 1. The zero-order valence-corrected chi connectivity index (χ0v) is 10.4. The van der Waals surface area contributed by atoms with Gasteiger partial charge in [-0.3, -0.25) is 9.89 Å². The van der Waals surface area contributed by atoms with Gasteiger partial charge in [0.05, 0.1) is 0 Å². The van der Waals surface area contributed by atoms with Crippen LogP contribution >= 0.6 is 11.8 Å². The molecule has 1 unspecified atom stereocenters. The molecule has 1 saturated carbocycles. The van der Waals surface area contributed by atoms with Crippen LogP contribution in [0.1, 0.15) is 48.0 Å². The second kappa shape index (κ2) is 4.68. The van der Waals surface area contributed by atoms with E-state index in [1.54, 1.807) is 0 Å². The first-order valence-electron chi connectivity index (χ1n) is 6.15. The van der Waals surface area contributed by atoms with Crippen molar-refractivity contribution in [3.8, 4) is 0 Å². The number of hydrogen-bond donors (Lipinski definition) is 2. The standard InChI is InChI=1S/C11H16N4OS/c16-11(12-6-8-2-1-5-17-8)10-13-9(14-15-10)7-3-4-7/h7-8H,1-6H2,(H,12,16)(H,13,14,15). The van der Waals surface area contributed by atoms with Gasteiger partial charge in [0.2, 0.25) is 5.82 Å². The summed E-state index contributed by atoms with van der Waals surface area (Å²) >= 11 is 1.94. The largest absolute Gasteiger partial charge is 0.348 e. The Hall–Kier alpha value is -1.04. The summed E-state index contributed by atoms with van der Waals surface area (Å²) in [6.07, 6.45) is 4.79. The molecule has 5 nitrogen and oxygen atoms in total. The molecule has 2 aliphatic rings. The lowest BCUT2D eigenvalue weighted by Crippen LogP contribution is -2.30. The van der Waals surface area contributed by atoms with Crippen LogP contribution in [-0.2, 0) is 0 Å². The predicted molar refractivity (Wildman–Crippen MR) is 66.2 cm³/mol. The van der Waals surface area contributed by atoms with Crippen molar-refractivity contribution in [1.82, 2.24) is 20.5 Å². The smallest absolute Gasteiger partial charge is 0.290 e. The number of aromatic amines is 1. The van der Waals surface area contributed by atoms with Gasteiger partial charge in [0.15, 0.2) is 0 Å². The van der Waals surface area contributed by atoms with E-state index in [1.165, 1.54) is 18.6 Å². The molecule has 3 rings (SSSR count). The summed E-state index contributed by atoms with van der Waals surface area (Å²) < 4.78 is 0. The third-order valence-corrected chi connectivity index (χ3v) is 4.58. The van der Waals surface area contributed by atoms with Crippen molar-refractivity contribution in [3.05, 3.63) is 11.6 Å². The number of H-pyrrole nitrogens is 1. The molecule has 2 fully saturated rings. The van der Waals surface area contributed by atoms with E-state index in [1.807, 2.05) is 11.8 Å². The molecule has 1 aromatic heterocycles. The Morgan fingerprint density at radius 1 is 1.47 bits per heavy atom. The number of rotatable bonds is 4. The monoisotopic (exact) mass is 252 g/mol. The summed E-state index contributed by atoms with van der Waals surface area (Å²) in [5.74, 6) is 2.72. The zero-order valence-electron chi connectivity index (χ0n) is 9.61. The van der Waals surface area contributed by atoms with Crippen LogP contribution < -0.4 is 5.32 Å². The molecule has 1 aromatic rings. The Morgan fingerprint density at radius 3 is 3.06 bits per heavy atom. The molecule has 1 aliphatic carbocycles. The van der Waals surface area contributed by atoms with Crippen molar-refractivity contribution in [2.24, 2.45) is 0 Å². The minimum Gasteiger partial charge on any atom is -0.348 e. The first-order valence-corrected chi connectivity index (χ1v) is 7.20. The number of amides is 1. The Labute approximate surface area is 104 Å². The molecule has 1 aliphatic heterocycles. The van der Waals surface area contributed by atoms with Gasteiger partial charge in [-0.25, -0.2) is 4.98 Å². The topological polar surface area (TPSA) is 70.7 Å². The molecule has 2 heterocycles. The van der Waals surface area contributed by atoms with Crippen molar-refractivity contribution >= 4 is 17.7 Å². The number of hydrogen-bond acceptors (Lipinski definition) is 4. The molecule has 2 N–H and O–H groups in total. The van der Waals surface area contributed by atoms with Gasteiger partial charge in [-0.15, -0.1) is 5.10 Å². The summed E-state index contributed by atoms with van der Waals surface area (Å²) in [7, 11) is 0. The fourth-order valence-electron chi connectivity index (χ4n) is 2.01. The van der Waals surface area contributed by atoms with E-state index in [4.69, 9.17) is 0 Å². The fourth-order valence-corrected chi connectivity index (χ4v) is 3.21. The van der Waals surface area contributed by atoms with Gasteiger partial charge in [0.1, 0.15) is 5.82 Å². The van der Waals surface area contributed by atoms with Crippen molar-refractivity contribution < 1.29 is 4.79 Å². The van der Waals surface area contributed by atoms with Gasteiger partial charge in [-0.05, 0) is 31.4 Å². The van der Waals surface area contributed by atoms with Crippen LogP contribution in [0.2, 0.25) is 0 Å². The van der Waals surface area contributed by atoms with E-state index in [0.717, 1.165) is 25.2 Å². The van der Waals surface area contributed by atoms with E-state index < -0.39 is 0 Å². The summed E-state index contributed by atoms with van der Waals surface area (Å²) in [6.45, 7) is 0.733. The number of nitrogens with zero attached hydrogens (tertiary/aromatic N) is 2. The average molecular weight is 252 g/mol. The first kappa shape index (κ1) is 11.1. The number of nitrogens with one attached hydrogen (secondary N) is 2. The van der Waals surface area contributed by atoms with Gasteiger partial charge in [-0.1, -0.05) is 0 Å². The second-order valence-corrected chi connectivity index (χ2v) is 6.07. The van der Waals surface area contributed by atoms with Crippen LogP contribution in [0.25, 0.3) is 0 Å². The molecule has 0 bridgehead atoms. The van der Waals surface area contributed by atoms with Crippen molar-refractivity contribution in [1.29, 1.82) is 0 Å². The maximum Gasteiger partial charge on any atom is 0.290 e. The highest BCUT2D eigenvalue weighted by Gasteiger charge is 2.28. The summed E-state index contributed by atoms with van der Waals surface area (Å²) in [4.78, 5) is 16.0. The van der Waals surface area contributed by atoms with Gasteiger partial charge >= 0.3 is 0 Å². The van der Waals surface area contributed by atoms with Gasteiger partial charge < -0.3 is 5.32 Å². The van der Waals surface area contributed by atoms with E-state index in [0.29, 0.717) is 11.2 Å². The van der Waals surface area contributed by atoms with E-state index in [-0.39, 0.29) is 11.7 Å². The molecular formula is C11H16N4OS. The maximum atomic E-state index is 11.8. The number of aromatic nitrogens is 3. The average Bonchev–Trinajstić information content (AvgIpc) is 2.88. The lowest BCUT2D eigenvalue weighted by atomic mass is 10.2. The highest BCUT2D eigenvalue weighted by molar-refractivity contribution is 8.00. The highest BCUT2D eigenvalue weighted by Crippen LogP contribution is 2.37. The lowest BCUT2D eigenvalue weighted by molar-refractivity contribution is 0.0943. The molecular weight excluding hydrogens is 236 g/mol. The molecule has 92 valence electrons. The Kier molecular flexibility index (Phi) is 3.05. The Balaban J connectivity index is 1.53. The molecule has 6 heteroatoms. The third kappa shape index (κ3) is 2.62. The summed E-state index contributed by atoms with van der Waals surface area (Å²) in [5.41, 5.74) is 0. The second-order valence-electron chi connectivity index (χ2n) is 4.66. The number of carbonyl (C=O) groups excluding carboxylic acids is 1. The van der Waals surface area contributed by atoms with Crippen molar-refractivity contribution in [2.75, 3.05) is 12.3 Å². The van der Waals surface area contributed by atoms with Crippen molar-refractivity contribution in [2.45, 2.75) is 36.9 Å². The molecule has 0 spiro atoms. The zero-order chi connectivity index (χ0) is 11.7. The van der Waals surface area contributed by atoms with Crippen LogP contribution in [0.3, 0.4) is 0 Å². The quantitative estimate of drug-likeness (QED) is 0.847. The molecule has 17 heavy (non-hydrogen) atoms. The maximum absolute atomic E-state index is 11.8. The SMILES string of the molecule is O=C(NCC1CCCS1)c1n[nH]c(C2CC2)n1.